The van der Waals surface area contributed by atoms with Gasteiger partial charge in [0.2, 0.25) is 0 Å². The van der Waals surface area contributed by atoms with Crippen molar-refractivity contribution in [2.75, 3.05) is 0 Å². The Morgan fingerprint density at radius 2 is 0.581 bits per heavy atom. The molecule has 0 saturated carbocycles. The molecule has 0 rings (SSSR count). The second-order valence-corrected chi connectivity index (χ2v) is 14.1. The molecule has 0 heterocycles. The van der Waals surface area contributed by atoms with Gasteiger partial charge in [-0.25, -0.2) is 0 Å². The molecule has 2 atom stereocenters. The van der Waals surface area contributed by atoms with E-state index in [0.29, 0.717) is 0 Å². The highest BCUT2D eigenvalue weighted by Crippen LogP contribution is 2.21. The van der Waals surface area contributed by atoms with E-state index in [2.05, 4.69) is 13.8 Å². The van der Waals surface area contributed by atoms with Crippen molar-refractivity contribution < 1.29 is 15.0 Å². The van der Waals surface area contributed by atoms with Gasteiger partial charge in [-0.05, 0) is 25.7 Å². The van der Waals surface area contributed by atoms with Gasteiger partial charge in [-0.15, -0.1) is 0 Å². The number of aliphatic carboxylic acids is 1. The van der Waals surface area contributed by atoms with E-state index < -0.39 is 5.97 Å². The Balaban J connectivity index is 3.40. The quantitative estimate of drug-likeness (QED) is 0.0690. The van der Waals surface area contributed by atoms with Crippen LogP contribution in [0.3, 0.4) is 0 Å². The number of hydrogen-bond donors (Lipinski definition) is 2. The minimum Gasteiger partial charge on any atom is -0.481 e. The molecular formula is C40H80O3. The number of aliphatic hydroxyl groups is 1. The molecule has 0 aromatic carbocycles. The maximum absolute atomic E-state index is 11.7. The summed E-state index contributed by atoms with van der Waals surface area (Å²) in [5, 5.41) is 19.7. The van der Waals surface area contributed by atoms with Crippen LogP contribution in [0.1, 0.15) is 239 Å². The van der Waals surface area contributed by atoms with Crippen LogP contribution in [0.4, 0.5) is 0 Å². The van der Waals surface area contributed by atoms with Crippen molar-refractivity contribution in [3.05, 3.63) is 0 Å². The lowest BCUT2D eigenvalue weighted by Gasteiger charge is -2.12. The summed E-state index contributed by atoms with van der Waals surface area (Å²) in [6, 6.07) is 0. The van der Waals surface area contributed by atoms with E-state index >= 15 is 0 Å². The third-order valence-electron chi connectivity index (χ3n) is 9.74. The Hall–Kier alpha value is -0.570. The summed E-state index contributed by atoms with van der Waals surface area (Å²) in [5.41, 5.74) is 0. The molecule has 0 aliphatic rings. The molecule has 258 valence electrons. The summed E-state index contributed by atoms with van der Waals surface area (Å²) in [5.74, 6) is -0.708. The number of aliphatic hydroxyl groups excluding tert-OH is 1. The van der Waals surface area contributed by atoms with Gasteiger partial charge in [0.25, 0.3) is 0 Å². The maximum atomic E-state index is 11.7. The summed E-state index contributed by atoms with van der Waals surface area (Å²) in [7, 11) is 0. The van der Waals surface area contributed by atoms with E-state index in [9.17, 15) is 15.0 Å². The van der Waals surface area contributed by atoms with Crippen LogP contribution in [0.5, 0.6) is 0 Å². The van der Waals surface area contributed by atoms with Crippen molar-refractivity contribution in [3.8, 4) is 0 Å². The molecule has 0 bridgehead atoms. The van der Waals surface area contributed by atoms with Crippen LogP contribution in [0.15, 0.2) is 0 Å². The highest BCUT2D eigenvalue weighted by Gasteiger charge is 2.16. The summed E-state index contributed by atoms with van der Waals surface area (Å²) in [4.78, 5) is 11.7. The molecule has 2 N–H and O–H groups in total. The monoisotopic (exact) mass is 609 g/mol. The average molecular weight is 609 g/mol. The SMILES string of the molecule is CCCCCCCCCCCCCCCCCCCCCCC(CCCCCCCCCC(O)CCCCCC)C(=O)O. The fraction of sp³-hybridized carbons (Fsp3) is 0.975. The fourth-order valence-corrected chi connectivity index (χ4v) is 6.64. The first-order valence-electron chi connectivity index (χ1n) is 20.0. The molecule has 0 amide bonds. The molecule has 0 aromatic rings. The molecule has 0 aromatic heterocycles. The summed E-state index contributed by atoms with van der Waals surface area (Å²) in [6.45, 7) is 4.52. The van der Waals surface area contributed by atoms with E-state index in [0.717, 1.165) is 44.9 Å². The Bertz CT molecular complexity index is 534. The van der Waals surface area contributed by atoms with E-state index in [-0.39, 0.29) is 12.0 Å². The molecule has 43 heavy (non-hydrogen) atoms. The smallest absolute Gasteiger partial charge is 0.306 e. The molecule has 3 nitrogen and oxygen atoms in total. The van der Waals surface area contributed by atoms with Crippen LogP contribution >= 0.6 is 0 Å². The van der Waals surface area contributed by atoms with Gasteiger partial charge in [0, 0.05) is 0 Å². The van der Waals surface area contributed by atoms with E-state index in [1.54, 1.807) is 0 Å². The first kappa shape index (κ1) is 42.4. The zero-order chi connectivity index (χ0) is 31.5. The topological polar surface area (TPSA) is 57.5 Å². The van der Waals surface area contributed by atoms with Crippen LogP contribution in [0.25, 0.3) is 0 Å². The molecule has 0 aliphatic heterocycles. The van der Waals surface area contributed by atoms with Crippen LogP contribution in [0, 0.1) is 5.92 Å². The lowest BCUT2D eigenvalue weighted by atomic mass is 9.94. The van der Waals surface area contributed by atoms with Crippen LogP contribution in [-0.4, -0.2) is 22.3 Å². The molecular weight excluding hydrogens is 528 g/mol. The Morgan fingerprint density at radius 1 is 0.372 bits per heavy atom. The van der Waals surface area contributed by atoms with Gasteiger partial charge in [-0.1, -0.05) is 213 Å². The second kappa shape index (κ2) is 35.9. The zero-order valence-electron chi connectivity index (χ0n) is 29.7. The van der Waals surface area contributed by atoms with E-state index in [1.807, 2.05) is 0 Å². The first-order chi connectivity index (χ1) is 21.1. The van der Waals surface area contributed by atoms with Crippen LogP contribution < -0.4 is 0 Å². The fourth-order valence-electron chi connectivity index (χ4n) is 6.64. The lowest BCUT2D eigenvalue weighted by Crippen LogP contribution is -2.13. The largest absolute Gasteiger partial charge is 0.481 e. The first-order valence-corrected chi connectivity index (χ1v) is 20.0. The predicted octanol–water partition coefficient (Wildman–Crippen LogP) is 13.7. The highest BCUT2D eigenvalue weighted by atomic mass is 16.4. The van der Waals surface area contributed by atoms with Crippen molar-refractivity contribution in [2.24, 2.45) is 5.92 Å². The van der Waals surface area contributed by atoms with Crippen LogP contribution in [0.2, 0.25) is 0 Å². The third kappa shape index (κ3) is 34.1. The number of carbonyl (C=O) groups is 1. The van der Waals surface area contributed by atoms with Crippen LogP contribution in [-0.2, 0) is 4.79 Å². The molecule has 0 radical (unpaired) electrons. The number of hydrogen-bond acceptors (Lipinski definition) is 2. The summed E-state index contributed by atoms with van der Waals surface area (Å²) in [6.07, 6.45) is 44.6. The second-order valence-electron chi connectivity index (χ2n) is 14.1. The van der Waals surface area contributed by atoms with Crippen molar-refractivity contribution in [3.63, 3.8) is 0 Å². The van der Waals surface area contributed by atoms with Crippen molar-refractivity contribution >= 4 is 5.97 Å². The summed E-state index contributed by atoms with van der Waals surface area (Å²) >= 11 is 0. The standard InChI is InChI=1S/C40H80O3/c1-3-5-7-9-10-11-12-13-14-15-16-17-18-19-20-21-22-24-27-30-34-38(40(42)43)35-31-28-25-23-26-29-33-37-39(41)36-32-8-6-4-2/h38-39,41H,3-37H2,1-2H3,(H,42,43). The van der Waals surface area contributed by atoms with E-state index in [4.69, 9.17) is 0 Å². The number of carboxylic acids is 1. The van der Waals surface area contributed by atoms with E-state index in [1.165, 1.54) is 180 Å². The molecule has 0 aliphatic carbocycles. The number of carboxylic acid groups (broad SMARTS) is 1. The van der Waals surface area contributed by atoms with Gasteiger partial charge in [0.05, 0.1) is 12.0 Å². The molecule has 0 spiro atoms. The van der Waals surface area contributed by atoms with Gasteiger partial charge in [-0.3, -0.25) is 4.79 Å². The van der Waals surface area contributed by atoms with Gasteiger partial charge >= 0.3 is 5.97 Å². The van der Waals surface area contributed by atoms with Gasteiger partial charge in [-0.2, -0.15) is 0 Å². The van der Waals surface area contributed by atoms with Gasteiger partial charge in [0.1, 0.15) is 0 Å². The predicted molar refractivity (Wildman–Crippen MR) is 190 cm³/mol. The number of rotatable bonds is 37. The van der Waals surface area contributed by atoms with Crippen molar-refractivity contribution in [1.29, 1.82) is 0 Å². The molecule has 0 fully saturated rings. The van der Waals surface area contributed by atoms with Crippen molar-refractivity contribution in [2.45, 2.75) is 245 Å². The van der Waals surface area contributed by atoms with Gasteiger partial charge < -0.3 is 10.2 Å². The molecule has 3 heteroatoms. The minimum atomic E-state index is -0.578. The maximum Gasteiger partial charge on any atom is 0.306 e. The normalized spacial score (nSPS) is 13.0. The average Bonchev–Trinajstić information content (AvgIpc) is 3.00. The molecule has 2 unspecified atom stereocenters. The minimum absolute atomic E-state index is 0.0939. The number of unbranched alkanes of at least 4 members (excludes halogenated alkanes) is 28. The van der Waals surface area contributed by atoms with Gasteiger partial charge in [0.15, 0.2) is 0 Å². The van der Waals surface area contributed by atoms with Crippen molar-refractivity contribution in [1.82, 2.24) is 0 Å². The Morgan fingerprint density at radius 3 is 0.837 bits per heavy atom. The summed E-state index contributed by atoms with van der Waals surface area (Å²) < 4.78 is 0. The third-order valence-corrected chi connectivity index (χ3v) is 9.74. The zero-order valence-corrected chi connectivity index (χ0v) is 29.7. The molecule has 0 saturated heterocycles. The Labute approximate surface area is 271 Å². The highest BCUT2D eigenvalue weighted by molar-refractivity contribution is 5.69. The lowest BCUT2D eigenvalue weighted by molar-refractivity contribution is -0.142. The Kier molecular flexibility index (Phi) is 35.4.